The number of nitrogens with one attached hydrogen (secondary N) is 2. The van der Waals surface area contributed by atoms with Crippen molar-refractivity contribution in [1.82, 2.24) is 5.32 Å². The van der Waals surface area contributed by atoms with Crippen molar-refractivity contribution in [2.24, 2.45) is 0 Å². The van der Waals surface area contributed by atoms with Crippen LogP contribution in [0, 0.1) is 0 Å². The van der Waals surface area contributed by atoms with E-state index in [2.05, 4.69) is 10.6 Å². The molecular weight excluding hydrogens is 244 g/mol. The van der Waals surface area contributed by atoms with Gasteiger partial charge >= 0.3 is 0 Å². The van der Waals surface area contributed by atoms with Gasteiger partial charge in [-0.2, -0.15) is 0 Å². The maximum absolute atomic E-state index is 12.1. The van der Waals surface area contributed by atoms with Gasteiger partial charge in [0.15, 0.2) is 0 Å². The monoisotopic (exact) mass is 264 g/mol. The zero-order valence-electron chi connectivity index (χ0n) is 11.1. The first-order valence-electron chi connectivity index (χ1n) is 6.58. The molecule has 1 aliphatic rings. The Balaban J connectivity index is 2.00. The molecular formula is C14H20N2O3. The van der Waals surface area contributed by atoms with Gasteiger partial charge in [-0.15, -0.1) is 0 Å². The second kappa shape index (κ2) is 6.65. The highest BCUT2D eigenvalue weighted by Gasteiger charge is 2.28. The molecule has 5 nitrogen and oxygen atoms in total. The lowest BCUT2D eigenvalue weighted by Gasteiger charge is -2.14. The third kappa shape index (κ3) is 3.76. The Bertz CT molecular complexity index is 436. The molecule has 1 aromatic carbocycles. The molecule has 0 radical (unpaired) electrons. The van der Waals surface area contributed by atoms with Crippen molar-refractivity contribution in [2.75, 3.05) is 18.5 Å². The number of hydrogen-bond acceptors (Lipinski definition) is 4. The maximum Gasteiger partial charge on any atom is 0.241 e. The van der Waals surface area contributed by atoms with Crippen LogP contribution in [0.5, 0.6) is 0 Å². The lowest BCUT2D eigenvalue weighted by Crippen LogP contribution is -2.35. The summed E-state index contributed by atoms with van der Waals surface area (Å²) in [5, 5.41) is 15.3. The van der Waals surface area contributed by atoms with Crippen molar-refractivity contribution >= 4 is 11.6 Å². The Kier molecular flexibility index (Phi) is 4.90. The van der Waals surface area contributed by atoms with Crippen LogP contribution in [-0.4, -0.2) is 36.3 Å². The predicted octanol–water partition coefficient (Wildman–Crippen LogP) is 0.884. The van der Waals surface area contributed by atoms with E-state index in [1.165, 1.54) is 0 Å². The van der Waals surface area contributed by atoms with Crippen molar-refractivity contribution in [1.29, 1.82) is 0 Å². The molecule has 1 amide bonds. The SMILES string of the molecule is CCOCc1ccccc1NC(=O)C1CC(O)CN1. The van der Waals surface area contributed by atoms with Crippen LogP contribution in [0.3, 0.4) is 0 Å². The predicted molar refractivity (Wildman–Crippen MR) is 72.8 cm³/mol. The van der Waals surface area contributed by atoms with Gasteiger partial charge in [-0.3, -0.25) is 4.79 Å². The third-order valence-corrected chi connectivity index (χ3v) is 3.16. The smallest absolute Gasteiger partial charge is 0.241 e. The van der Waals surface area contributed by atoms with E-state index in [0.29, 0.717) is 26.2 Å². The molecule has 0 spiro atoms. The normalized spacial score (nSPS) is 22.4. The number of hydrogen-bond donors (Lipinski definition) is 3. The summed E-state index contributed by atoms with van der Waals surface area (Å²) in [6.45, 7) is 3.52. The highest BCUT2D eigenvalue weighted by Crippen LogP contribution is 2.17. The van der Waals surface area contributed by atoms with Gasteiger partial charge in [0.05, 0.1) is 18.8 Å². The molecule has 2 atom stereocenters. The lowest BCUT2D eigenvalue weighted by atomic mass is 10.1. The number of β-amino-alcohol motifs (C(OH)–C–C–N with tert-alkyl or cyclic N) is 1. The van der Waals surface area contributed by atoms with Crippen LogP contribution in [0.15, 0.2) is 24.3 Å². The highest BCUT2D eigenvalue weighted by atomic mass is 16.5. The first kappa shape index (κ1) is 14.0. The number of anilines is 1. The molecule has 0 bridgehead atoms. The molecule has 2 unspecified atom stereocenters. The fourth-order valence-electron chi connectivity index (χ4n) is 2.12. The van der Waals surface area contributed by atoms with Gasteiger partial charge < -0.3 is 20.5 Å². The number of para-hydroxylation sites is 1. The second-order valence-corrected chi connectivity index (χ2v) is 4.63. The number of carbonyl (C=O) groups excluding carboxylic acids is 1. The van der Waals surface area contributed by atoms with Gasteiger partial charge in [0, 0.05) is 24.4 Å². The summed E-state index contributed by atoms with van der Waals surface area (Å²) in [5.41, 5.74) is 1.72. The number of aliphatic hydroxyl groups excluding tert-OH is 1. The van der Waals surface area contributed by atoms with Gasteiger partial charge in [0.1, 0.15) is 0 Å². The number of aliphatic hydroxyl groups is 1. The van der Waals surface area contributed by atoms with Crippen LogP contribution in [0.4, 0.5) is 5.69 Å². The largest absolute Gasteiger partial charge is 0.392 e. The Morgan fingerprint density at radius 2 is 2.32 bits per heavy atom. The lowest BCUT2D eigenvalue weighted by molar-refractivity contribution is -0.117. The van der Waals surface area contributed by atoms with Crippen LogP contribution < -0.4 is 10.6 Å². The first-order valence-corrected chi connectivity index (χ1v) is 6.58. The molecule has 5 heteroatoms. The number of amides is 1. The van der Waals surface area contributed by atoms with Gasteiger partial charge in [-0.25, -0.2) is 0 Å². The van der Waals surface area contributed by atoms with Crippen molar-refractivity contribution in [3.8, 4) is 0 Å². The zero-order valence-corrected chi connectivity index (χ0v) is 11.1. The quantitative estimate of drug-likeness (QED) is 0.738. The molecule has 104 valence electrons. The second-order valence-electron chi connectivity index (χ2n) is 4.63. The summed E-state index contributed by atoms with van der Waals surface area (Å²) in [6.07, 6.45) is 0.0221. The summed E-state index contributed by atoms with van der Waals surface area (Å²) in [7, 11) is 0. The van der Waals surface area contributed by atoms with E-state index in [9.17, 15) is 9.90 Å². The number of rotatable bonds is 5. The molecule has 2 rings (SSSR count). The number of carbonyl (C=O) groups is 1. The van der Waals surface area contributed by atoms with Crippen molar-refractivity contribution < 1.29 is 14.6 Å². The fourth-order valence-corrected chi connectivity index (χ4v) is 2.12. The zero-order chi connectivity index (χ0) is 13.7. The van der Waals surface area contributed by atoms with Crippen LogP contribution in [0.25, 0.3) is 0 Å². The Labute approximate surface area is 113 Å². The average Bonchev–Trinajstić information content (AvgIpc) is 2.84. The summed E-state index contributed by atoms with van der Waals surface area (Å²) < 4.78 is 5.38. The molecule has 1 saturated heterocycles. The average molecular weight is 264 g/mol. The molecule has 0 aromatic heterocycles. The van der Waals surface area contributed by atoms with E-state index < -0.39 is 6.10 Å². The number of benzene rings is 1. The minimum atomic E-state index is -0.436. The molecule has 0 aliphatic carbocycles. The summed E-state index contributed by atoms with van der Waals surface area (Å²) in [4.78, 5) is 12.1. The summed E-state index contributed by atoms with van der Waals surface area (Å²) in [5.74, 6) is -0.111. The van der Waals surface area contributed by atoms with Crippen LogP contribution in [0.2, 0.25) is 0 Å². The molecule has 1 aromatic rings. The first-order chi connectivity index (χ1) is 9.20. The van der Waals surface area contributed by atoms with E-state index in [1.54, 1.807) is 0 Å². The van der Waals surface area contributed by atoms with Crippen LogP contribution >= 0.6 is 0 Å². The summed E-state index contributed by atoms with van der Waals surface area (Å²) >= 11 is 0. The van der Waals surface area contributed by atoms with Crippen LogP contribution in [0.1, 0.15) is 18.9 Å². The van der Waals surface area contributed by atoms with Crippen molar-refractivity contribution in [3.63, 3.8) is 0 Å². The van der Waals surface area contributed by atoms with Gasteiger partial charge in [-0.1, -0.05) is 18.2 Å². The minimum absolute atomic E-state index is 0.111. The summed E-state index contributed by atoms with van der Waals surface area (Å²) in [6, 6.07) is 7.26. The molecule has 1 aliphatic heterocycles. The third-order valence-electron chi connectivity index (χ3n) is 3.16. The molecule has 3 N–H and O–H groups in total. The van der Waals surface area contributed by atoms with Gasteiger partial charge in [0.25, 0.3) is 0 Å². The standard InChI is InChI=1S/C14H20N2O3/c1-2-19-9-10-5-3-4-6-12(10)16-14(18)13-7-11(17)8-15-13/h3-6,11,13,15,17H,2,7-9H2,1H3,(H,16,18). The van der Waals surface area contributed by atoms with Crippen LogP contribution in [-0.2, 0) is 16.1 Å². The molecule has 1 heterocycles. The molecule has 19 heavy (non-hydrogen) atoms. The topological polar surface area (TPSA) is 70.6 Å². The van der Waals surface area contributed by atoms with E-state index in [4.69, 9.17) is 4.74 Å². The maximum atomic E-state index is 12.1. The van der Waals surface area contributed by atoms with Gasteiger partial charge in [0.2, 0.25) is 5.91 Å². The van der Waals surface area contributed by atoms with E-state index in [1.807, 2.05) is 31.2 Å². The highest BCUT2D eigenvalue weighted by molar-refractivity contribution is 5.95. The fraction of sp³-hybridized carbons (Fsp3) is 0.500. The Morgan fingerprint density at radius 1 is 1.53 bits per heavy atom. The minimum Gasteiger partial charge on any atom is -0.392 e. The Morgan fingerprint density at radius 3 is 3.00 bits per heavy atom. The molecule has 0 saturated carbocycles. The Hall–Kier alpha value is -1.43. The van der Waals surface area contributed by atoms with E-state index in [0.717, 1.165) is 11.3 Å². The van der Waals surface area contributed by atoms with E-state index >= 15 is 0 Å². The molecule has 1 fully saturated rings. The van der Waals surface area contributed by atoms with E-state index in [-0.39, 0.29) is 11.9 Å². The number of ether oxygens (including phenoxy) is 1. The van der Waals surface area contributed by atoms with Crippen molar-refractivity contribution in [3.05, 3.63) is 29.8 Å². The van der Waals surface area contributed by atoms with Crippen molar-refractivity contribution in [2.45, 2.75) is 32.1 Å². The van der Waals surface area contributed by atoms with Gasteiger partial charge in [-0.05, 0) is 19.4 Å².